The van der Waals surface area contributed by atoms with E-state index in [0.29, 0.717) is 0 Å². The van der Waals surface area contributed by atoms with Crippen molar-refractivity contribution >= 4 is 5.82 Å². The van der Waals surface area contributed by atoms with Crippen molar-refractivity contribution in [3.05, 3.63) is 59.3 Å². The zero-order valence-corrected chi connectivity index (χ0v) is 12.1. The van der Waals surface area contributed by atoms with E-state index < -0.39 is 17.3 Å². The molecule has 1 aromatic heterocycles. The number of nitriles is 1. The monoisotopic (exact) mass is 305 g/mol. The summed E-state index contributed by atoms with van der Waals surface area (Å²) < 4.78 is 39.0. The topological polar surface area (TPSA) is 39.9 Å². The van der Waals surface area contributed by atoms with Gasteiger partial charge in [0.2, 0.25) is 0 Å². The minimum absolute atomic E-state index is 0.150. The maximum absolute atomic E-state index is 13.0. The molecule has 1 aromatic carbocycles. The lowest BCUT2D eigenvalue weighted by atomic mass is 10.1. The maximum Gasteiger partial charge on any atom is 0.417 e. The molecule has 0 aliphatic carbocycles. The Morgan fingerprint density at radius 3 is 2.41 bits per heavy atom. The van der Waals surface area contributed by atoms with Crippen LogP contribution in [0.3, 0.4) is 0 Å². The van der Waals surface area contributed by atoms with E-state index in [1.54, 1.807) is 11.9 Å². The van der Waals surface area contributed by atoms with Gasteiger partial charge in [0.05, 0.1) is 17.2 Å². The molecule has 0 aliphatic heterocycles. The van der Waals surface area contributed by atoms with Gasteiger partial charge in [-0.1, -0.05) is 30.3 Å². The average molecular weight is 305 g/mol. The zero-order valence-electron chi connectivity index (χ0n) is 12.1. The predicted molar refractivity (Wildman–Crippen MR) is 77.2 cm³/mol. The van der Waals surface area contributed by atoms with E-state index >= 15 is 0 Å². The summed E-state index contributed by atoms with van der Waals surface area (Å²) >= 11 is 0. The highest BCUT2D eigenvalue weighted by molar-refractivity contribution is 5.49. The van der Waals surface area contributed by atoms with Gasteiger partial charge in [-0.2, -0.15) is 18.4 Å². The Morgan fingerprint density at radius 1 is 1.23 bits per heavy atom. The zero-order chi connectivity index (χ0) is 16.3. The molecule has 0 spiro atoms. The van der Waals surface area contributed by atoms with Crippen LogP contribution in [0.15, 0.2) is 42.6 Å². The van der Waals surface area contributed by atoms with E-state index in [1.807, 2.05) is 37.3 Å². The van der Waals surface area contributed by atoms with Crippen LogP contribution in [-0.4, -0.2) is 12.0 Å². The molecule has 0 bridgehead atoms. The minimum atomic E-state index is -4.58. The highest BCUT2D eigenvalue weighted by Gasteiger charge is 2.34. The van der Waals surface area contributed by atoms with Gasteiger partial charge in [0, 0.05) is 13.2 Å². The van der Waals surface area contributed by atoms with Gasteiger partial charge in [0.15, 0.2) is 0 Å². The number of hydrogen-bond acceptors (Lipinski definition) is 3. The highest BCUT2D eigenvalue weighted by atomic mass is 19.4. The molecule has 0 N–H and O–H groups in total. The lowest BCUT2D eigenvalue weighted by molar-refractivity contribution is -0.137. The SMILES string of the molecule is C[C@@H](c1ccccc1)N(C)c1cc(C(F)(F)F)c(C#N)cn1. The van der Waals surface area contributed by atoms with Gasteiger partial charge in [-0.25, -0.2) is 4.98 Å². The second-order valence-corrected chi connectivity index (χ2v) is 4.90. The van der Waals surface area contributed by atoms with Crippen LogP contribution in [0.1, 0.15) is 29.7 Å². The van der Waals surface area contributed by atoms with Crippen molar-refractivity contribution in [2.24, 2.45) is 0 Å². The van der Waals surface area contributed by atoms with Crippen LogP contribution < -0.4 is 4.90 Å². The lowest BCUT2D eigenvalue weighted by Crippen LogP contribution is -2.23. The third-order valence-corrected chi connectivity index (χ3v) is 3.54. The van der Waals surface area contributed by atoms with Crippen LogP contribution in [0.4, 0.5) is 19.0 Å². The molecule has 0 unspecified atom stereocenters. The molecule has 0 radical (unpaired) electrons. The van der Waals surface area contributed by atoms with Crippen LogP contribution in [0.2, 0.25) is 0 Å². The summed E-state index contributed by atoms with van der Waals surface area (Å²) in [4.78, 5) is 5.62. The fraction of sp³-hybridized carbons (Fsp3) is 0.250. The van der Waals surface area contributed by atoms with Crippen LogP contribution in [0.5, 0.6) is 0 Å². The van der Waals surface area contributed by atoms with Gasteiger partial charge in [0.25, 0.3) is 0 Å². The Bertz CT molecular complexity index is 690. The molecule has 0 saturated carbocycles. The van der Waals surface area contributed by atoms with Crippen LogP contribution >= 0.6 is 0 Å². The molecule has 22 heavy (non-hydrogen) atoms. The maximum atomic E-state index is 13.0. The molecule has 2 aromatic rings. The van der Waals surface area contributed by atoms with Crippen molar-refractivity contribution in [3.8, 4) is 6.07 Å². The summed E-state index contributed by atoms with van der Waals surface area (Å²) in [6.07, 6.45) is -3.62. The summed E-state index contributed by atoms with van der Waals surface area (Å²) in [6, 6.07) is 11.7. The number of hydrogen-bond donors (Lipinski definition) is 0. The lowest BCUT2D eigenvalue weighted by Gasteiger charge is -2.27. The first-order valence-corrected chi connectivity index (χ1v) is 6.59. The van der Waals surface area contributed by atoms with Crippen LogP contribution in [0.25, 0.3) is 0 Å². The molecule has 0 amide bonds. The van der Waals surface area contributed by atoms with Gasteiger partial charge < -0.3 is 4.90 Å². The van der Waals surface area contributed by atoms with Crippen molar-refractivity contribution in [1.29, 1.82) is 5.26 Å². The molecule has 1 atom stereocenters. The Kier molecular flexibility index (Phi) is 4.36. The van der Waals surface area contributed by atoms with Crippen molar-refractivity contribution < 1.29 is 13.2 Å². The standard InChI is InChI=1S/C16H14F3N3/c1-11(12-6-4-3-5-7-12)22(2)15-8-14(16(17,18)19)13(9-20)10-21-15/h3-8,10-11H,1-2H3/t11-/m0/s1. The van der Waals surface area contributed by atoms with Gasteiger partial charge in [-0.3, -0.25) is 0 Å². The summed E-state index contributed by atoms with van der Waals surface area (Å²) in [5.74, 6) is 0.169. The summed E-state index contributed by atoms with van der Waals surface area (Å²) in [5.41, 5.74) is -0.478. The normalized spacial score (nSPS) is 12.5. The van der Waals surface area contributed by atoms with E-state index in [0.717, 1.165) is 17.8 Å². The molecule has 0 fully saturated rings. The number of aromatic nitrogens is 1. The highest BCUT2D eigenvalue weighted by Crippen LogP contribution is 2.34. The average Bonchev–Trinajstić information content (AvgIpc) is 2.52. The van der Waals surface area contributed by atoms with Gasteiger partial charge in [-0.15, -0.1) is 0 Å². The van der Waals surface area contributed by atoms with Gasteiger partial charge in [0.1, 0.15) is 11.9 Å². The quantitative estimate of drug-likeness (QED) is 0.854. The summed E-state index contributed by atoms with van der Waals surface area (Å²) in [5, 5.41) is 8.79. The number of anilines is 1. The number of pyridine rings is 1. The van der Waals surface area contributed by atoms with Crippen molar-refractivity contribution in [1.82, 2.24) is 4.98 Å². The Labute approximate surface area is 126 Å². The number of nitrogens with zero attached hydrogens (tertiary/aromatic N) is 3. The van der Waals surface area contributed by atoms with E-state index in [-0.39, 0.29) is 11.9 Å². The second-order valence-electron chi connectivity index (χ2n) is 4.90. The Balaban J connectivity index is 2.39. The molecular formula is C16H14F3N3. The van der Waals surface area contributed by atoms with Crippen LogP contribution in [-0.2, 0) is 6.18 Å². The van der Waals surface area contributed by atoms with E-state index in [4.69, 9.17) is 5.26 Å². The number of halogens is 3. The van der Waals surface area contributed by atoms with Crippen LogP contribution in [0, 0.1) is 11.3 Å². The minimum Gasteiger partial charge on any atom is -0.353 e. The largest absolute Gasteiger partial charge is 0.417 e. The fourth-order valence-corrected chi connectivity index (χ4v) is 2.11. The molecule has 0 saturated heterocycles. The molecular weight excluding hydrogens is 291 g/mol. The first-order valence-electron chi connectivity index (χ1n) is 6.59. The van der Waals surface area contributed by atoms with E-state index in [1.165, 1.54) is 6.07 Å². The fourth-order valence-electron chi connectivity index (χ4n) is 2.11. The summed E-state index contributed by atoms with van der Waals surface area (Å²) in [6.45, 7) is 1.88. The van der Waals surface area contributed by atoms with E-state index in [9.17, 15) is 13.2 Å². The Hall–Kier alpha value is -2.55. The van der Waals surface area contributed by atoms with Crippen molar-refractivity contribution in [2.45, 2.75) is 19.1 Å². The first kappa shape index (κ1) is 15.8. The summed E-state index contributed by atoms with van der Waals surface area (Å²) in [7, 11) is 1.67. The molecule has 0 aliphatic rings. The van der Waals surface area contributed by atoms with E-state index in [2.05, 4.69) is 4.98 Å². The third kappa shape index (κ3) is 3.19. The molecule has 6 heteroatoms. The second kappa shape index (κ2) is 6.06. The smallest absolute Gasteiger partial charge is 0.353 e. The first-order chi connectivity index (χ1) is 10.3. The molecule has 1 heterocycles. The predicted octanol–water partition coefficient (Wildman–Crippen LogP) is 4.17. The number of benzene rings is 1. The van der Waals surface area contributed by atoms with Gasteiger partial charge in [-0.05, 0) is 18.6 Å². The van der Waals surface area contributed by atoms with Crippen molar-refractivity contribution in [3.63, 3.8) is 0 Å². The number of rotatable bonds is 3. The number of alkyl halides is 3. The third-order valence-electron chi connectivity index (χ3n) is 3.54. The molecule has 3 nitrogen and oxygen atoms in total. The van der Waals surface area contributed by atoms with Gasteiger partial charge >= 0.3 is 6.18 Å². The van der Waals surface area contributed by atoms with Crippen molar-refractivity contribution in [2.75, 3.05) is 11.9 Å². The Morgan fingerprint density at radius 2 is 1.86 bits per heavy atom. The molecule has 114 valence electrons. The molecule has 2 rings (SSSR count).